The first-order valence-electron chi connectivity index (χ1n) is 7.66. The molecule has 2 heterocycles. The van der Waals surface area contributed by atoms with Crippen LogP contribution in [0.3, 0.4) is 0 Å². The third-order valence-electron chi connectivity index (χ3n) is 4.62. The molecule has 0 aromatic heterocycles. The highest BCUT2D eigenvalue weighted by Gasteiger charge is 2.39. The molecule has 2 fully saturated rings. The molecule has 0 spiro atoms. The van der Waals surface area contributed by atoms with E-state index in [1.165, 1.54) is 25.3 Å². The average molecular weight is 339 g/mol. The molecule has 1 amide bonds. The Bertz CT molecular complexity index is 705. The molecule has 1 aromatic carbocycles. The van der Waals surface area contributed by atoms with E-state index in [0.29, 0.717) is 5.75 Å². The van der Waals surface area contributed by atoms with Crippen LogP contribution in [-0.2, 0) is 10.0 Å². The summed E-state index contributed by atoms with van der Waals surface area (Å²) in [4.78, 5) is 14.9. The molecule has 2 saturated heterocycles. The number of rotatable bonds is 3. The van der Waals surface area contributed by atoms with E-state index in [4.69, 9.17) is 9.88 Å². The van der Waals surface area contributed by atoms with Gasteiger partial charge in [-0.25, -0.2) is 13.6 Å². The average Bonchev–Trinajstić information content (AvgIpc) is 2.78. The van der Waals surface area contributed by atoms with Gasteiger partial charge < -0.3 is 15.0 Å². The predicted octanol–water partition coefficient (Wildman–Crippen LogP) is 0.309. The lowest BCUT2D eigenvalue weighted by Crippen LogP contribution is -2.42. The summed E-state index contributed by atoms with van der Waals surface area (Å²) < 4.78 is 28.4. The molecule has 3 rings (SSSR count). The Morgan fingerprint density at radius 1 is 1.30 bits per heavy atom. The van der Waals surface area contributed by atoms with Crippen LogP contribution < -0.4 is 15.2 Å². The third-order valence-corrected chi connectivity index (χ3v) is 5.53. The molecular formula is C15H21N3O4S. The maximum absolute atomic E-state index is 13.1. The Morgan fingerprint density at radius 3 is 2.74 bits per heavy atom. The topological polar surface area (TPSA) is 102 Å². The largest absolute Gasteiger partial charge is 0.496 e. The first-order valence-corrected chi connectivity index (χ1v) is 9.20. The van der Waals surface area contributed by atoms with E-state index in [1.54, 1.807) is 0 Å². The number of carbonyl (C=O) groups is 1. The Labute approximate surface area is 135 Å². The molecule has 2 bridgehead atoms. The second kappa shape index (κ2) is 6.10. The molecule has 1 aromatic rings. The SMILES string of the molecule is COc1ccc(S(N)(=O)=O)cc1C(=O)N1C2CCNCC1CC2. The number of carbonyl (C=O) groups excluding carboxylic acids is 1. The molecule has 0 radical (unpaired) electrons. The van der Waals surface area contributed by atoms with Crippen LogP contribution in [0.2, 0.25) is 0 Å². The zero-order chi connectivity index (χ0) is 16.6. The Hall–Kier alpha value is -1.64. The number of primary sulfonamides is 1. The number of sulfonamides is 1. The van der Waals surface area contributed by atoms with Crippen LogP contribution in [0, 0.1) is 0 Å². The fourth-order valence-electron chi connectivity index (χ4n) is 3.48. The van der Waals surface area contributed by atoms with Crippen molar-refractivity contribution < 1.29 is 17.9 Å². The van der Waals surface area contributed by atoms with Crippen molar-refractivity contribution in [1.82, 2.24) is 10.2 Å². The number of methoxy groups -OCH3 is 1. The number of fused-ring (bicyclic) bond motifs is 2. The molecule has 3 N–H and O–H groups in total. The first kappa shape index (κ1) is 16.2. The number of nitrogens with one attached hydrogen (secondary N) is 1. The summed E-state index contributed by atoms with van der Waals surface area (Å²) in [5, 5.41) is 8.52. The molecule has 2 unspecified atom stereocenters. The number of amides is 1. The van der Waals surface area contributed by atoms with Gasteiger partial charge in [0, 0.05) is 18.6 Å². The van der Waals surface area contributed by atoms with Gasteiger partial charge in [-0.1, -0.05) is 0 Å². The number of hydrogen-bond acceptors (Lipinski definition) is 5. The molecule has 0 saturated carbocycles. The van der Waals surface area contributed by atoms with Crippen molar-refractivity contribution in [3.8, 4) is 5.75 Å². The van der Waals surface area contributed by atoms with Crippen LogP contribution in [0.25, 0.3) is 0 Å². The Balaban J connectivity index is 2.01. The van der Waals surface area contributed by atoms with Gasteiger partial charge in [-0.05, 0) is 44.0 Å². The van der Waals surface area contributed by atoms with E-state index < -0.39 is 10.0 Å². The van der Waals surface area contributed by atoms with Crippen molar-refractivity contribution in [2.24, 2.45) is 5.14 Å². The monoisotopic (exact) mass is 339 g/mol. The number of benzene rings is 1. The van der Waals surface area contributed by atoms with Gasteiger partial charge in [0.25, 0.3) is 5.91 Å². The smallest absolute Gasteiger partial charge is 0.258 e. The highest BCUT2D eigenvalue weighted by atomic mass is 32.2. The normalized spacial score (nSPS) is 24.3. The second-order valence-electron chi connectivity index (χ2n) is 6.00. The molecule has 126 valence electrons. The molecule has 23 heavy (non-hydrogen) atoms. The summed E-state index contributed by atoms with van der Waals surface area (Å²) in [6.07, 6.45) is 2.84. The van der Waals surface area contributed by atoms with Crippen LogP contribution in [-0.4, -0.2) is 51.5 Å². The van der Waals surface area contributed by atoms with Crippen molar-refractivity contribution >= 4 is 15.9 Å². The van der Waals surface area contributed by atoms with Gasteiger partial charge in [0.15, 0.2) is 0 Å². The summed E-state index contributed by atoms with van der Waals surface area (Å²) >= 11 is 0. The quantitative estimate of drug-likeness (QED) is 0.825. The molecule has 2 atom stereocenters. The van der Waals surface area contributed by atoms with E-state index in [0.717, 1.165) is 32.4 Å². The fourth-order valence-corrected chi connectivity index (χ4v) is 4.02. The lowest BCUT2D eigenvalue weighted by Gasteiger charge is -2.28. The minimum Gasteiger partial charge on any atom is -0.496 e. The van der Waals surface area contributed by atoms with Crippen molar-refractivity contribution in [2.45, 2.75) is 36.2 Å². The Morgan fingerprint density at radius 2 is 2.04 bits per heavy atom. The predicted molar refractivity (Wildman–Crippen MR) is 84.8 cm³/mol. The molecule has 7 nitrogen and oxygen atoms in total. The highest BCUT2D eigenvalue weighted by Crippen LogP contribution is 2.32. The lowest BCUT2D eigenvalue weighted by atomic mass is 10.1. The van der Waals surface area contributed by atoms with Crippen molar-refractivity contribution in [1.29, 1.82) is 0 Å². The van der Waals surface area contributed by atoms with Crippen LogP contribution in [0.4, 0.5) is 0 Å². The van der Waals surface area contributed by atoms with Gasteiger partial charge >= 0.3 is 0 Å². The van der Waals surface area contributed by atoms with E-state index in [-0.39, 0.29) is 28.4 Å². The van der Waals surface area contributed by atoms with Crippen LogP contribution >= 0.6 is 0 Å². The fraction of sp³-hybridized carbons (Fsp3) is 0.533. The number of hydrogen-bond donors (Lipinski definition) is 2. The molecule has 8 heteroatoms. The summed E-state index contributed by atoms with van der Waals surface area (Å²) in [7, 11) is -2.41. The van der Waals surface area contributed by atoms with Crippen molar-refractivity contribution in [2.75, 3.05) is 20.2 Å². The van der Waals surface area contributed by atoms with Gasteiger partial charge in [-0.3, -0.25) is 4.79 Å². The lowest BCUT2D eigenvalue weighted by molar-refractivity contribution is 0.0676. The molecule has 2 aliphatic heterocycles. The number of nitrogens with zero attached hydrogens (tertiary/aromatic N) is 1. The molecular weight excluding hydrogens is 318 g/mol. The number of nitrogens with two attached hydrogens (primary N) is 1. The van der Waals surface area contributed by atoms with Crippen molar-refractivity contribution in [3.63, 3.8) is 0 Å². The van der Waals surface area contributed by atoms with Gasteiger partial charge in [0.05, 0.1) is 17.6 Å². The van der Waals surface area contributed by atoms with Gasteiger partial charge in [-0.15, -0.1) is 0 Å². The third kappa shape index (κ3) is 3.06. The zero-order valence-corrected chi connectivity index (χ0v) is 13.8. The first-order chi connectivity index (χ1) is 10.9. The van der Waals surface area contributed by atoms with E-state index in [9.17, 15) is 13.2 Å². The molecule has 2 aliphatic rings. The summed E-state index contributed by atoms with van der Waals surface area (Å²) in [5.74, 6) is 0.169. The summed E-state index contributed by atoms with van der Waals surface area (Å²) in [6, 6.07) is 4.46. The van der Waals surface area contributed by atoms with E-state index in [2.05, 4.69) is 5.32 Å². The standard InChI is InChI=1S/C15H21N3O4S/c1-22-14-5-4-12(23(16,20)21)8-13(14)15(19)18-10-2-3-11(18)9-17-7-6-10/h4-5,8,10-11,17H,2-3,6-7,9H2,1H3,(H2,16,20,21). The summed E-state index contributed by atoms with van der Waals surface area (Å²) in [6.45, 7) is 1.65. The second-order valence-corrected chi connectivity index (χ2v) is 7.56. The van der Waals surface area contributed by atoms with Crippen LogP contribution in [0.1, 0.15) is 29.6 Å². The van der Waals surface area contributed by atoms with Crippen molar-refractivity contribution in [3.05, 3.63) is 23.8 Å². The minimum absolute atomic E-state index is 0.0815. The zero-order valence-electron chi connectivity index (χ0n) is 13.0. The maximum Gasteiger partial charge on any atom is 0.258 e. The van der Waals surface area contributed by atoms with Crippen LogP contribution in [0.15, 0.2) is 23.1 Å². The van der Waals surface area contributed by atoms with Gasteiger partial charge in [0.2, 0.25) is 10.0 Å². The van der Waals surface area contributed by atoms with Gasteiger partial charge in [0.1, 0.15) is 5.75 Å². The van der Waals surface area contributed by atoms with Gasteiger partial charge in [-0.2, -0.15) is 0 Å². The Kier molecular flexibility index (Phi) is 4.31. The minimum atomic E-state index is -3.87. The summed E-state index contributed by atoms with van der Waals surface area (Å²) in [5.41, 5.74) is 0.248. The number of ether oxygens (including phenoxy) is 1. The van der Waals surface area contributed by atoms with E-state index in [1.807, 2.05) is 4.90 Å². The maximum atomic E-state index is 13.1. The molecule has 0 aliphatic carbocycles. The van der Waals surface area contributed by atoms with Crippen LogP contribution in [0.5, 0.6) is 5.75 Å². The highest BCUT2D eigenvalue weighted by molar-refractivity contribution is 7.89. The van der Waals surface area contributed by atoms with E-state index >= 15 is 0 Å².